The Bertz CT molecular complexity index is 1170. The lowest BCUT2D eigenvalue weighted by molar-refractivity contribution is -0.139. The number of alkyl halides is 6. The summed E-state index contributed by atoms with van der Waals surface area (Å²) in [5, 5.41) is 0. The van der Waals surface area contributed by atoms with Crippen molar-refractivity contribution in [2.24, 2.45) is 0 Å². The lowest BCUT2D eigenvalue weighted by atomic mass is 9.94. The van der Waals surface area contributed by atoms with Gasteiger partial charge in [0, 0.05) is 11.3 Å². The number of halogens is 6. The Morgan fingerprint density at radius 3 is 2.08 bits per heavy atom. The van der Waals surface area contributed by atoms with Crippen molar-refractivity contribution in [1.29, 1.82) is 0 Å². The first-order chi connectivity index (χ1) is 16.8. The minimum atomic E-state index is -4.44. The van der Waals surface area contributed by atoms with E-state index in [1.165, 1.54) is 18.2 Å². The van der Waals surface area contributed by atoms with Crippen molar-refractivity contribution >= 4 is 17.3 Å². The van der Waals surface area contributed by atoms with Crippen LogP contribution in [-0.2, 0) is 10.9 Å². The van der Waals surface area contributed by atoms with Gasteiger partial charge in [0.15, 0.2) is 0 Å². The number of benzene rings is 2. The second-order valence-electron chi connectivity index (χ2n) is 8.19. The van der Waals surface area contributed by atoms with Gasteiger partial charge in [-0.15, -0.1) is 11.3 Å². The summed E-state index contributed by atoms with van der Waals surface area (Å²) in [7, 11) is 0. The van der Waals surface area contributed by atoms with E-state index in [0.29, 0.717) is 32.9 Å². The van der Waals surface area contributed by atoms with Gasteiger partial charge in [-0.25, -0.2) is 4.79 Å². The zero-order chi connectivity index (χ0) is 26.7. The number of rotatable bonds is 8. The molecule has 3 aromatic rings. The Morgan fingerprint density at radius 1 is 0.944 bits per heavy atom. The molecule has 0 spiro atoms. The molecule has 1 heterocycles. The molecule has 0 unspecified atom stereocenters. The fraction of sp³-hybridized carbons (Fsp3) is 0.346. The predicted octanol–water partition coefficient (Wildman–Crippen LogP) is 8.69. The van der Waals surface area contributed by atoms with Gasteiger partial charge in [0.2, 0.25) is 0 Å². The standard InChI is InChI=1S/C26H24F6O3S/c1-4-34-24(33)22-10-9-21(36-22)20(11-12-25(27,28)29)35-19-13-15(2)23(16(3)14-19)17-5-7-18(8-6-17)26(30,31)32/h5-10,13-14,20H,4,11-12H2,1-3H3/t20-/m1/s1. The Morgan fingerprint density at radius 2 is 1.56 bits per heavy atom. The highest BCUT2D eigenvalue weighted by Gasteiger charge is 2.31. The number of esters is 1. The molecule has 2 aromatic carbocycles. The summed E-state index contributed by atoms with van der Waals surface area (Å²) < 4.78 is 88.6. The van der Waals surface area contributed by atoms with Crippen LogP contribution in [-0.4, -0.2) is 18.8 Å². The number of aryl methyl sites for hydroxylation is 2. The molecule has 0 aliphatic rings. The molecule has 0 saturated heterocycles. The van der Waals surface area contributed by atoms with E-state index in [-0.39, 0.29) is 17.9 Å². The van der Waals surface area contributed by atoms with Crippen LogP contribution in [0.2, 0.25) is 0 Å². The van der Waals surface area contributed by atoms with Crippen molar-refractivity contribution in [2.45, 2.75) is 52.1 Å². The first-order valence-corrected chi connectivity index (χ1v) is 11.9. The third kappa shape index (κ3) is 7.02. The smallest absolute Gasteiger partial charge is 0.416 e. The molecule has 3 nitrogen and oxygen atoms in total. The minimum absolute atomic E-state index is 0.171. The molecule has 0 saturated carbocycles. The quantitative estimate of drug-likeness (QED) is 0.216. The Balaban J connectivity index is 1.89. The third-order valence-corrected chi connectivity index (χ3v) is 6.55. The predicted molar refractivity (Wildman–Crippen MR) is 125 cm³/mol. The summed E-state index contributed by atoms with van der Waals surface area (Å²) in [5.41, 5.74) is 1.92. The highest BCUT2D eigenvalue weighted by molar-refractivity contribution is 7.14. The molecule has 0 radical (unpaired) electrons. The average molecular weight is 531 g/mol. The van der Waals surface area contributed by atoms with E-state index in [1.807, 2.05) is 0 Å². The van der Waals surface area contributed by atoms with E-state index in [2.05, 4.69) is 0 Å². The van der Waals surface area contributed by atoms with Crippen LogP contribution < -0.4 is 4.74 Å². The number of hydrogen-bond acceptors (Lipinski definition) is 4. The molecule has 0 bridgehead atoms. The van der Waals surface area contributed by atoms with E-state index < -0.39 is 36.4 Å². The van der Waals surface area contributed by atoms with Crippen molar-refractivity contribution in [3.63, 3.8) is 0 Å². The van der Waals surface area contributed by atoms with Gasteiger partial charge in [0.25, 0.3) is 0 Å². The number of ether oxygens (including phenoxy) is 2. The first kappa shape index (κ1) is 27.6. The Hall–Kier alpha value is -3.01. The van der Waals surface area contributed by atoms with Gasteiger partial charge in [0.05, 0.1) is 12.2 Å². The molecular weight excluding hydrogens is 506 g/mol. The second-order valence-corrected chi connectivity index (χ2v) is 9.31. The van der Waals surface area contributed by atoms with Gasteiger partial charge in [-0.1, -0.05) is 12.1 Å². The maximum Gasteiger partial charge on any atom is 0.416 e. The maximum atomic E-state index is 13.0. The average Bonchev–Trinajstić information content (AvgIpc) is 3.26. The lowest BCUT2D eigenvalue weighted by Crippen LogP contribution is -2.13. The van der Waals surface area contributed by atoms with Crippen LogP contribution in [0.3, 0.4) is 0 Å². The van der Waals surface area contributed by atoms with Crippen molar-refractivity contribution < 1.29 is 40.6 Å². The zero-order valence-electron chi connectivity index (χ0n) is 19.7. The molecular formula is C26H24F6O3S. The van der Waals surface area contributed by atoms with Crippen molar-refractivity contribution in [3.05, 3.63) is 75.0 Å². The fourth-order valence-corrected chi connectivity index (χ4v) is 4.79. The van der Waals surface area contributed by atoms with Crippen LogP contribution in [0.5, 0.6) is 5.75 Å². The molecule has 3 rings (SSSR count). The van der Waals surface area contributed by atoms with Crippen molar-refractivity contribution in [2.75, 3.05) is 6.61 Å². The number of thiophene rings is 1. The molecule has 1 atom stereocenters. The molecule has 194 valence electrons. The summed E-state index contributed by atoms with van der Waals surface area (Å²) in [6, 6.07) is 11.1. The SMILES string of the molecule is CCOC(=O)c1ccc([C@@H](CCC(F)(F)F)Oc2cc(C)c(-c3ccc(C(F)(F)F)cc3)c(C)c2)s1. The Kier molecular flexibility index (Phi) is 8.38. The Labute approximate surface area is 208 Å². The van der Waals surface area contributed by atoms with Gasteiger partial charge in [-0.05, 0) is 85.8 Å². The highest BCUT2D eigenvalue weighted by Crippen LogP contribution is 2.38. The van der Waals surface area contributed by atoms with Crippen LogP contribution in [0.15, 0.2) is 48.5 Å². The van der Waals surface area contributed by atoms with Crippen molar-refractivity contribution in [3.8, 4) is 16.9 Å². The van der Waals surface area contributed by atoms with Gasteiger partial charge < -0.3 is 9.47 Å². The van der Waals surface area contributed by atoms with Crippen LogP contribution in [0.1, 0.15) is 57.1 Å². The first-order valence-electron chi connectivity index (χ1n) is 11.1. The third-order valence-electron chi connectivity index (χ3n) is 5.40. The minimum Gasteiger partial charge on any atom is -0.485 e. The largest absolute Gasteiger partial charge is 0.485 e. The van der Waals surface area contributed by atoms with E-state index in [4.69, 9.17) is 9.47 Å². The zero-order valence-corrected chi connectivity index (χ0v) is 20.5. The number of hydrogen-bond donors (Lipinski definition) is 0. The molecule has 1 aromatic heterocycles. The van der Waals surface area contributed by atoms with Gasteiger partial charge >= 0.3 is 18.3 Å². The number of carbonyl (C=O) groups is 1. The van der Waals surface area contributed by atoms with Crippen LogP contribution in [0.25, 0.3) is 11.1 Å². The summed E-state index contributed by atoms with van der Waals surface area (Å²) >= 11 is 1.01. The van der Waals surface area contributed by atoms with E-state index in [1.54, 1.807) is 39.0 Å². The summed E-state index contributed by atoms with van der Waals surface area (Å²) in [6.45, 7) is 5.33. The van der Waals surface area contributed by atoms with Crippen LogP contribution in [0, 0.1) is 13.8 Å². The molecule has 10 heteroatoms. The topological polar surface area (TPSA) is 35.5 Å². The van der Waals surface area contributed by atoms with E-state index in [0.717, 1.165) is 23.5 Å². The van der Waals surface area contributed by atoms with Gasteiger partial charge in [-0.3, -0.25) is 0 Å². The molecule has 0 aliphatic carbocycles. The summed E-state index contributed by atoms with van der Waals surface area (Å²) in [6.07, 6.45) is -11.2. The van der Waals surface area contributed by atoms with Crippen LogP contribution >= 0.6 is 11.3 Å². The van der Waals surface area contributed by atoms with Gasteiger partial charge in [-0.2, -0.15) is 26.3 Å². The summed E-state index contributed by atoms with van der Waals surface area (Å²) in [4.78, 5) is 12.7. The molecule has 0 fully saturated rings. The maximum absolute atomic E-state index is 13.0. The van der Waals surface area contributed by atoms with E-state index in [9.17, 15) is 31.1 Å². The monoisotopic (exact) mass is 530 g/mol. The molecule has 0 N–H and O–H groups in total. The van der Waals surface area contributed by atoms with Crippen LogP contribution in [0.4, 0.5) is 26.3 Å². The fourth-order valence-electron chi connectivity index (χ4n) is 3.83. The number of carbonyl (C=O) groups excluding carboxylic acids is 1. The highest BCUT2D eigenvalue weighted by atomic mass is 32.1. The normalized spacial score (nSPS) is 12.9. The second kappa shape index (κ2) is 10.9. The summed E-state index contributed by atoms with van der Waals surface area (Å²) in [5.74, 6) is -0.241. The van der Waals surface area contributed by atoms with Crippen molar-refractivity contribution in [1.82, 2.24) is 0 Å². The van der Waals surface area contributed by atoms with E-state index >= 15 is 0 Å². The molecule has 0 aliphatic heterocycles. The molecule has 0 amide bonds. The van der Waals surface area contributed by atoms with Gasteiger partial charge in [0.1, 0.15) is 16.7 Å². The lowest BCUT2D eigenvalue weighted by Gasteiger charge is -2.21. The molecule has 36 heavy (non-hydrogen) atoms.